The Bertz CT molecular complexity index is 853. The molecule has 10 heteroatoms. The van der Waals surface area contributed by atoms with Gasteiger partial charge in [-0.3, -0.25) is 9.82 Å². The molecule has 0 amide bonds. The molecule has 0 atom stereocenters. The molecule has 0 unspecified atom stereocenters. The number of aromatic carboxylic acids is 1. The molecule has 1 heterocycles. The highest BCUT2D eigenvalue weighted by Crippen LogP contribution is 2.21. The van der Waals surface area contributed by atoms with Crippen LogP contribution in [0.3, 0.4) is 0 Å². The van der Waals surface area contributed by atoms with E-state index >= 15 is 0 Å². The Morgan fingerprint density at radius 1 is 1.48 bits per heavy atom. The maximum absolute atomic E-state index is 13.0. The Morgan fingerprint density at radius 2 is 2.19 bits per heavy atom. The van der Waals surface area contributed by atoms with Gasteiger partial charge in [-0.15, -0.1) is 0 Å². The molecule has 8 nitrogen and oxygen atoms in total. The number of sulfonamides is 1. The Labute approximate surface area is 117 Å². The van der Waals surface area contributed by atoms with Crippen molar-refractivity contribution in [2.45, 2.75) is 5.03 Å². The largest absolute Gasteiger partial charge is 0.478 e. The second-order valence-corrected chi connectivity index (χ2v) is 5.44. The third-order valence-electron chi connectivity index (χ3n) is 2.45. The van der Waals surface area contributed by atoms with Crippen molar-refractivity contribution in [1.82, 2.24) is 10.2 Å². The predicted octanol–water partition coefficient (Wildman–Crippen LogP) is 0.919. The smallest absolute Gasteiger partial charge is 0.340 e. The summed E-state index contributed by atoms with van der Waals surface area (Å²) in [4.78, 5) is 10.9. The SMILES string of the molecule is N#Cc1cc(F)ccc1NS(=O)(=O)c1[nH]ncc1C(=O)O. The molecule has 0 fully saturated rings. The molecule has 0 saturated heterocycles. The topological polar surface area (TPSA) is 136 Å². The second-order valence-electron chi connectivity index (χ2n) is 3.83. The van der Waals surface area contributed by atoms with Crippen LogP contribution in [0, 0.1) is 17.1 Å². The number of H-pyrrole nitrogens is 1. The standard InChI is InChI=1S/C11H7FN4O4S/c12-7-1-2-9(6(3-7)4-13)16-21(19,20)10-8(11(17)18)5-14-15-10/h1-3,5,16H,(H,14,15)(H,17,18). The van der Waals surface area contributed by atoms with E-state index in [4.69, 9.17) is 10.4 Å². The molecule has 0 radical (unpaired) electrons. The van der Waals surface area contributed by atoms with Crippen LogP contribution in [-0.4, -0.2) is 29.7 Å². The van der Waals surface area contributed by atoms with Gasteiger partial charge in [0.25, 0.3) is 10.0 Å². The number of nitriles is 1. The molecule has 0 aliphatic rings. The van der Waals surface area contributed by atoms with Gasteiger partial charge in [0, 0.05) is 0 Å². The van der Waals surface area contributed by atoms with Crippen molar-refractivity contribution in [3.05, 3.63) is 41.3 Å². The Hall–Kier alpha value is -2.93. The van der Waals surface area contributed by atoms with E-state index in [9.17, 15) is 17.6 Å². The third kappa shape index (κ3) is 2.82. The normalized spacial score (nSPS) is 10.9. The van der Waals surface area contributed by atoms with Gasteiger partial charge in [-0.2, -0.15) is 18.8 Å². The fraction of sp³-hybridized carbons (Fsp3) is 0. The maximum atomic E-state index is 13.0. The number of halogens is 1. The van der Waals surface area contributed by atoms with Gasteiger partial charge in [0.1, 0.15) is 17.4 Å². The van der Waals surface area contributed by atoms with E-state index < -0.39 is 32.4 Å². The first-order chi connectivity index (χ1) is 9.85. The molecular formula is C11H7FN4O4S. The lowest BCUT2D eigenvalue weighted by Crippen LogP contribution is -2.17. The van der Waals surface area contributed by atoms with E-state index in [2.05, 4.69) is 10.2 Å². The summed E-state index contributed by atoms with van der Waals surface area (Å²) < 4.78 is 39.2. The molecule has 2 aromatic rings. The number of carboxylic acid groups (broad SMARTS) is 1. The van der Waals surface area contributed by atoms with Crippen LogP contribution >= 0.6 is 0 Å². The van der Waals surface area contributed by atoms with E-state index in [1.807, 2.05) is 4.72 Å². The van der Waals surface area contributed by atoms with E-state index in [1.165, 1.54) is 0 Å². The van der Waals surface area contributed by atoms with Crippen LogP contribution in [0.15, 0.2) is 29.4 Å². The van der Waals surface area contributed by atoms with Crippen molar-refractivity contribution in [3.8, 4) is 6.07 Å². The van der Waals surface area contributed by atoms with E-state index in [0.29, 0.717) is 0 Å². The number of hydrogen-bond acceptors (Lipinski definition) is 5. The summed E-state index contributed by atoms with van der Waals surface area (Å²) >= 11 is 0. The quantitative estimate of drug-likeness (QED) is 0.768. The molecule has 21 heavy (non-hydrogen) atoms. The van der Waals surface area contributed by atoms with Gasteiger partial charge < -0.3 is 5.11 Å². The molecule has 2 rings (SSSR count). The number of anilines is 1. The molecule has 3 N–H and O–H groups in total. The molecular weight excluding hydrogens is 303 g/mol. The number of carbonyl (C=O) groups is 1. The van der Waals surface area contributed by atoms with Gasteiger partial charge in [-0.1, -0.05) is 0 Å². The van der Waals surface area contributed by atoms with Gasteiger partial charge in [0.2, 0.25) is 0 Å². The number of benzene rings is 1. The fourth-order valence-corrected chi connectivity index (χ4v) is 2.70. The lowest BCUT2D eigenvalue weighted by Gasteiger charge is -2.08. The molecule has 108 valence electrons. The number of carboxylic acids is 1. The van der Waals surface area contributed by atoms with Gasteiger partial charge in [-0.25, -0.2) is 9.18 Å². The Morgan fingerprint density at radius 3 is 2.81 bits per heavy atom. The van der Waals surface area contributed by atoms with E-state index in [0.717, 1.165) is 24.4 Å². The molecule has 1 aromatic carbocycles. The van der Waals surface area contributed by atoms with Crippen LogP contribution in [0.4, 0.5) is 10.1 Å². The van der Waals surface area contributed by atoms with Crippen LogP contribution < -0.4 is 4.72 Å². The molecule has 1 aromatic heterocycles. The molecule has 0 spiro atoms. The first-order valence-electron chi connectivity index (χ1n) is 5.34. The minimum Gasteiger partial charge on any atom is -0.478 e. The van der Waals surface area contributed by atoms with Crippen molar-refractivity contribution in [3.63, 3.8) is 0 Å². The zero-order chi connectivity index (χ0) is 15.6. The summed E-state index contributed by atoms with van der Waals surface area (Å²) in [6.45, 7) is 0. The van der Waals surface area contributed by atoms with Crippen LogP contribution in [0.5, 0.6) is 0 Å². The van der Waals surface area contributed by atoms with E-state index in [1.54, 1.807) is 6.07 Å². The summed E-state index contributed by atoms with van der Waals surface area (Å²) in [5, 5.41) is 22.5. The monoisotopic (exact) mass is 310 g/mol. The minimum atomic E-state index is -4.31. The van der Waals surface area contributed by atoms with Gasteiger partial charge in [-0.05, 0) is 18.2 Å². The number of aromatic nitrogens is 2. The predicted molar refractivity (Wildman–Crippen MR) is 67.5 cm³/mol. The van der Waals surface area contributed by atoms with Crippen molar-refractivity contribution in [1.29, 1.82) is 5.26 Å². The first kappa shape index (κ1) is 14.5. The van der Waals surface area contributed by atoms with E-state index in [-0.39, 0.29) is 11.3 Å². The lowest BCUT2D eigenvalue weighted by atomic mass is 10.2. The van der Waals surface area contributed by atoms with Gasteiger partial charge in [0.05, 0.1) is 17.4 Å². The lowest BCUT2D eigenvalue weighted by molar-refractivity contribution is 0.0692. The summed E-state index contributed by atoms with van der Waals surface area (Å²) in [5.41, 5.74) is -0.970. The minimum absolute atomic E-state index is 0.176. The number of rotatable bonds is 4. The summed E-state index contributed by atoms with van der Waals surface area (Å²) in [5.74, 6) is -2.19. The highest BCUT2D eigenvalue weighted by molar-refractivity contribution is 7.92. The van der Waals surface area contributed by atoms with Crippen LogP contribution in [0.1, 0.15) is 15.9 Å². The summed E-state index contributed by atoms with van der Waals surface area (Å²) in [7, 11) is -4.31. The number of nitrogens with zero attached hydrogens (tertiary/aromatic N) is 2. The number of hydrogen-bond donors (Lipinski definition) is 3. The van der Waals surface area contributed by atoms with Crippen LogP contribution in [0.2, 0.25) is 0 Å². The van der Waals surface area contributed by atoms with Crippen molar-refractivity contribution >= 4 is 21.7 Å². The van der Waals surface area contributed by atoms with Crippen molar-refractivity contribution in [2.24, 2.45) is 0 Å². The zero-order valence-corrected chi connectivity index (χ0v) is 11.0. The molecule has 0 aliphatic heterocycles. The fourth-order valence-electron chi connectivity index (χ4n) is 1.53. The van der Waals surface area contributed by atoms with Crippen LogP contribution in [0.25, 0.3) is 0 Å². The first-order valence-corrected chi connectivity index (χ1v) is 6.82. The van der Waals surface area contributed by atoms with Gasteiger partial charge in [0.15, 0.2) is 5.03 Å². The van der Waals surface area contributed by atoms with Crippen LogP contribution in [-0.2, 0) is 10.0 Å². The molecule has 0 bridgehead atoms. The van der Waals surface area contributed by atoms with Crippen molar-refractivity contribution < 1.29 is 22.7 Å². The highest BCUT2D eigenvalue weighted by Gasteiger charge is 2.25. The average molecular weight is 310 g/mol. The second kappa shape index (κ2) is 5.22. The van der Waals surface area contributed by atoms with Gasteiger partial charge >= 0.3 is 5.97 Å². The summed E-state index contributed by atoms with van der Waals surface area (Å²) in [6, 6.07) is 4.50. The molecule has 0 aliphatic carbocycles. The summed E-state index contributed by atoms with van der Waals surface area (Å²) in [6.07, 6.45) is 0.840. The number of aromatic amines is 1. The Kier molecular flexibility index (Phi) is 3.60. The zero-order valence-electron chi connectivity index (χ0n) is 10.2. The number of nitrogens with one attached hydrogen (secondary N) is 2. The molecule has 0 saturated carbocycles. The average Bonchev–Trinajstić information content (AvgIpc) is 2.91. The van der Waals surface area contributed by atoms with Crippen molar-refractivity contribution in [2.75, 3.05) is 4.72 Å². The highest BCUT2D eigenvalue weighted by atomic mass is 32.2. The third-order valence-corrected chi connectivity index (χ3v) is 3.79. The Balaban J connectivity index is 2.46. The maximum Gasteiger partial charge on any atom is 0.340 e.